The van der Waals surface area contributed by atoms with E-state index in [-0.39, 0.29) is 0 Å². The fraction of sp³-hybridized carbons (Fsp3) is 0.800. The van der Waals surface area contributed by atoms with Gasteiger partial charge in [0, 0.05) is 4.43 Å². The highest BCUT2D eigenvalue weighted by Crippen LogP contribution is 2.76. The first-order valence-electron chi connectivity index (χ1n) is 4.45. The van der Waals surface area contributed by atoms with Crippen molar-refractivity contribution >= 4 is 22.6 Å². The van der Waals surface area contributed by atoms with Gasteiger partial charge in [0.15, 0.2) is 0 Å². The molecule has 0 aromatic carbocycles. The Kier molecular flexibility index (Phi) is 1.65. The topological polar surface area (TPSA) is 0 Å². The second kappa shape index (κ2) is 2.24. The van der Waals surface area contributed by atoms with Gasteiger partial charge >= 0.3 is 0 Å². The van der Waals surface area contributed by atoms with Crippen LogP contribution < -0.4 is 0 Å². The molecule has 1 fully saturated rings. The highest BCUT2D eigenvalue weighted by Gasteiger charge is 2.71. The number of allylic oxidation sites excluding steroid dienone is 2. The van der Waals surface area contributed by atoms with E-state index in [0.717, 1.165) is 5.92 Å². The van der Waals surface area contributed by atoms with E-state index in [4.69, 9.17) is 0 Å². The molecular weight excluding hydrogens is 247 g/mol. The van der Waals surface area contributed by atoms with Gasteiger partial charge in [0.2, 0.25) is 0 Å². The Bertz CT molecular complexity index is 209. The third-order valence-electron chi connectivity index (χ3n) is 4.07. The lowest BCUT2D eigenvalue weighted by Crippen LogP contribution is -2.00. The molecule has 0 aromatic heterocycles. The lowest BCUT2D eigenvalue weighted by Gasteiger charge is -2.08. The van der Waals surface area contributed by atoms with E-state index in [2.05, 4.69) is 48.6 Å². The zero-order valence-corrected chi connectivity index (χ0v) is 9.39. The standard InChI is InChI=1S/C10H15I/c1-3-10-6-4-5-9(10,2)8(10)7-11/h4,6,8H,3,5,7H2,1-2H3/t8-,9?,10?/m0/s1. The summed E-state index contributed by atoms with van der Waals surface area (Å²) in [5.41, 5.74) is 1.27. The molecule has 3 atom stereocenters. The van der Waals surface area contributed by atoms with Crippen molar-refractivity contribution in [1.29, 1.82) is 0 Å². The Morgan fingerprint density at radius 1 is 1.64 bits per heavy atom. The molecule has 2 aliphatic rings. The summed E-state index contributed by atoms with van der Waals surface area (Å²) in [5, 5.41) is 0. The van der Waals surface area contributed by atoms with Crippen molar-refractivity contribution in [2.75, 3.05) is 4.43 Å². The monoisotopic (exact) mass is 262 g/mol. The molecule has 0 spiro atoms. The minimum Gasteiger partial charge on any atom is -0.0874 e. The van der Waals surface area contributed by atoms with Crippen molar-refractivity contribution in [1.82, 2.24) is 0 Å². The fourth-order valence-electron chi connectivity index (χ4n) is 3.13. The molecule has 0 heterocycles. The quantitative estimate of drug-likeness (QED) is 0.406. The molecule has 0 saturated heterocycles. The van der Waals surface area contributed by atoms with E-state index in [1.54, 1.807) is 0 Å². The second-order valence-corrected chi connectivity index (χ2v) is 5.01. The molecule has 0 amide bonds. The number of hydrogen-bond acceptors (Lipinski definition) is 0. The van der Waals surface area contributed by atoms with Crippen molar-refractivity contribution in [3.63, 3.8) is 0 Å². The average Bonchev–Trinajstić information content (AvgIpc) is 2.31. The zero-order chi connectivity index (χ0) is 8.11. The van der Waals surface area contributed by atoms with Crippen LogP contribution in [0.1, 0.15) is 26.7 Å². The minimum absolute atomic E-state index is 0.619. The molecule has 1 heteroatoms. The normalized spacial score (nSPS) is 52.8. The van der Waals surface area contributed by atoms with Crippen molar-refractivity contribution in [3.8, 4) is 0 Å². The molecule has 2 rings (SSSR count). The maximum absolute atomic E-state index is 2.54. The largest absolute Gasteiger partial charge is 0.0874 e. The molecule has 0 bridgehead atoms. The zero-order valence-electron chi connectivity index (χ0n) is 7.23. The predicted octanol–water partition coefficient (Wildman–Crippen LogP) is 3.41. The third kappa shape index (κ3) is 0.712. The lowest BCUT2D eigenvalue weighted by molar-refractivity contribution is 0.449. The van der Waals surface area contributed by atoms with Crippen LogP contribution in [0.25, 0.3) is 0 Å². The number of rotatable bonds is 2. The van der Waals surface area contributed by atoms with E-state index in [1.165, 1.54) is 17.3 Å². The second-order valence-electron chi connectivity index (χ2n) is 4.12. The molecule has 0 aromatic rings. The number of alkyl halides is 1. The van der Waals surface area contributed by atoms with Gasteiger partial charge in [-0.1, -0.05) is 48.6 Å². The van der Waals surface area contributed by atoms with Gasteiger partial charge in [0.05, 0.1) is 0 Å². The maximum atomic E-state index is 2.54. The molecule has 0 N–H and O–H groups in total. The minimum atomic E-state index is 0.619. The van der Waals surface area contributed by atoms with Gasteiger partial charge in [-0.05, 0) is 29.6 Å². The fourth-order valence-corrected chi connectivity index (χ4v) is 4.88. The summed E-state index contributed by atoms with van der Waals surface area (Å²) >= 11 is 2.54. The van der Waals surface area contributed by atoms with Crippen LogP contribution in [0.15, 0.2) is 12.2 Å². The van der Waals surface area contributed by atoms with Gasteiger partial charge in [0.1, 0.15) is 0 Å². The van der Waals surface area contributed by atoms with E-state index < -0.39 is 0 Å². The molecule has 2 aliphatic carbocycles. The van der Waals surface area contributed by atoms with Crippen LogP contribution in [-0.2, 0) is 0 Å². The summed E-state index contributed by atoms with van der Waals surface area (Å²) in [6, 6.07) is 0. The van der Waals surface area contributed by atoms with Crippen LogP contribution in [0.4, 0.5) is 0 Å². The van der Waals surface area contributed by atoms with Gasteiger partial charge in [-0.15, -0.1) is 0 Å². The molecule has 1 saturated carbocycles. The van der Waals surface area contributed by atoms with Crippen molar-refractivity contribution < 1.29 is 0 Å². The lowest BCUT2D eigenvalue weighted by atomic mass is 9.95. The van der Waals surface area contributed by atoms with Gasteiger partial charge in [0.25, 0.3) is 0 Å². The summed E-state index contributed by atoms with van der Waals surface area (Å²) in [6.45, 7) is 4.79. The molecule has 0 nitrogen and oxygen atoms in total. The van der Waals surface area contributed by atoms with Crippen LogP contribution >= 0.6 is 22.6 Å². The van der Waals surface area contributed by atoms with Gasteiger partial charge in [-0.25, -0.2) is 0 Å². The Balaban J connectivity index is 2.27. The molecule has 0 aliphatic heterocycles. The number of halogens is 1. The van der Waals surface area contributed by atoms with E-state index in [1.807, 2.05) is 0 Å². The van der Waals surface area contributed by atoms with Crippen LogP contribution in [0, 0.1) is 16.7 Å². The maximum Gasteiger partial charge on any atom is 0.00378 e. The van der Waals surface area contributed by atoms with E-state index >= 15 is 0 Å². The van der Waals surface area contributed by atoms with Gasteiger partial charge in [-0.3, -0.25) is 0 Å². The number of hydrogen-bond donors (Lipinski definition) is 0. The Labute approximate surface area is 82.6 Å². The van der Waals surface area contributed by atoms with Crippen molar-refractivity contribution in [3.05, 3.63) is 12.2 Å². The highest BCUT2D eigenvalue weighted by atomic mass is 127. The Morgan fingerprint density at radius 3 is 2.73 bits per heavy atom. The summed E-state index contributed by atoms with van der Waals surface area (Å²) in [5.74, 6) is 0.977. The number of fused-ring (bicyclic) bond motifs is 1. The molecular formula is C10H15I. The molecule has 62 valence electrons. The van der Waals surface area contributed by atoms with E-state index in [9.17, 15) is 0 Å². The Morgan fingerprint density at radius 2 is 2.36 bits per heavy atom. The van der Waals surface area contributed by atoms with Gasteiger partial charge < -0.3 is 0 Å². The molecule has 11 heavy (non-hydrogen) atoms. The van der Waals surface area contributed by atoms with E-state index in [0.29, 0.717) is 10.8 Å². The van der Waals surface area contributed by atoms with Crippen LogP contribution in [0.2, 0.25) is 0 Å². The van der Waals surface area contributed by atoms with Crippen LogP contribution in [0.5, 0.6) is 0 Å². The third-order valence-corrected chi connectivity index (χ3v) is 4.95. The SMILES string of the molecule is CCC12C=CCC1(C)[C@@H]2CI. The summed E-state index contributed by atoms with van der Waals surface area (Å²) in [7, 11) is 0. The van der Waals surface area contributed by atoms with Crippen molar-refractivity contribution in [2.45, 2.75) is 26.7 Å². The summed E-state index contributed by atoms with van der Waals surface area (Å²) in [6.07, 6.45) is 7.53. The first-order valence-corrected chi connectivity index (χ1v) is 5.97. The smallest absolute Gasteiger partial charge is 0.00378 e. The van der Waals surface area contributed by atoms with Crippen LogP contribution in [0.3, 0.4) is 0 Å². The first-order chi connectivity index (χ1) is 5.21. The Hall–Kier alpha value is 0.470. The first kappa shape index (κ1) is 8.09. The summed E-state index contributed by atoms with van der Waals surface area (Å²) < 4.78 is 1.34. The van der Waals surface area contributed by atoms with Crippen LogP contribution in [-0.4, -0.2) is 4.43 Å². The summed E-state index contributed by atoms with van der Waals surface area (Å²) in [4.78, 5) is 0. The van der Waals surface area contributed by atoms with Crippen molar-refractivity contribution in [2.24, 2.45) is 16.7 Å². The van der Waals surface area contributed by atoms with Gasteiger partial charge in [-0.2, -0.15) is 0 Å². The highest BCUT2D eigenvalue weighted by molar-refractivity contribution is 14.1. The average molecular weight is 262 g/mol. The molecule has 2 unspecified atom stereocenters. The molecule has 0 radical (unpaired) electrons. The predicted molar refractivity (Wildman–Crippen MR) is 57.0 cm³/mol.